The van der Waals surface area contributed by atoms with E-state index in [1.807, 2.05) is 49.4 Å². The normalized spacial score (nSPS) is 12.6. The van der Waals surface area contributed by atoms with Crippen LogP contribution in [0.2, 0.25) is 0 Å². The van der Waals surface area contributed by atoms with Crippen molar-refractivity contribution in [3.05, 3.63) is 60.2 Å². The maximum absolute atomic E-state index is 13.1. The Morgan fingerprint density at radius 3 is 2.34 bits per heavy atom. The van der Waals surface area contributed by atoms with E-state index < -0.39 is 0 Å². The van der Waals surface area contributed by atoms with Gasteiger partial charge < -0.3 is 23.6 Å². The van der Waals surface area contributed by atoms with Gasteiger partial charge in [-0.25, -0.2) is 0 Å². The summed E-state index contributed by atoms with van der Waals surface area (Å²) < 4.78 is 21.8. The van der Waals surface area contributed by atoms with E-state index in [-0.39, 0.29) is 5.91 Å². The van der Waals surface area contributed by atoms with Crippen LogP contribution in [0.15, 0.2) is 68.9 Å². The topological polar surface area (TPSA) is 86.9 Å². The molecule has 35 heavy (non-hydrogen) atoms. The average molecular weight is 490 g/mol. The van der Waals surface area contributed by atoms with Gasteiger partial charge in [0.05, 0.1) is 32.6 Å². The number of rotatable bonds is 6. The zero-order valence-electron chi connectivity index (χ0n) is 19.7. The molecule has 1 aromatic heterocycles. The fraction of sp³-hybridized carbons (Fsp3) is 0.192. The van der Waals surface area contributed by atoms with Crippen LogP contribution in [0, 0.1) is 0 Å². The molecule has 1 aliphatic rings. The molecule has 0 bridgehead atoms. The predicted molar refractivity (Wildman–Crippen MR) is 133 cm³/mol. The summed E-state index contributed by atoms with van der Waals surface area (Å²) in [6.07, 6.45) is 0. The molecule has 0 saturated carbocycles. The van der Waals surface area contributed by atoms with Crippen LogP contribution in [0.4, 0.5) is 5.69 Å². The van der Waals surface area contributed by atoms with Crippen LogP contribution in [0.25, 0.3) is 22.8 Å². The maximum Gasteiger partial charge on any atom is 0.259 e. The van der Waals surface area contributed by atoms with E-state index in [0.29, 0.717) is 46.6 Å². The van der Waals surface area contributed by atoms with Crippen molar-refractivity contribution in [3.63, 3.8) is 0 Å². The molecule has 0 N–H and O–H groups in total. The highest BCUT2D eigenvalue weighted by Gasteiger charge is 2.27. The number of nitrogens with zero attached hydrogens (tertiary/aromatic N) is 3. The summed E-state index contributed by atoms with van der Waals surface area (Å²) in [5.41, 5.74) is 2.97. The Labute approximate surface area is 206 Å². The first-order valence-electron chi connectivity index (χ1n) is 10.9. The Bertz CT molecular complexity index is 1390. The highest BCUT2D eigenvalue weighted by molar-refractivity contribution is 7.99. The Morgan fingerprint density at radius 1 is 0.914 bits per heavy atom. The summed E-state index contributed by atoms with van der Waals surface area (Å²) in [5, 5.41) is 4.20. The molecule has 2 heterocycles. The fourth-order valence-corrected chi connectivity index (χ4v) is 5.16. The Kier molecular flexibility index (Phi) is 6.08. The molecule has 0 spiro atoms. The molecular weight excluding hydrogens is 466 g/mol. The van der Waals surface area contributed by atoms with E-state index in [2.05, 4.69) is 10.1 Å². The number of carbonyl (C=O) groups excluding carboxylic acids is 1. The van der Waals surface area contributed by atoms with Crippen LogP contribution in [-0.4, -0.2) is 43.9 Å². The minimum atomic E-state index is -0.00801. The number of fused-ring (bicyclic) bond motifs is 2. The zero-order chi connectivity index (χ0) is 24.5. The van der Waals surface area contributed by atoms with Gasteiger partial charge in [0.15, 0.2) is 11.5 Å². The third-order valence-corrected chi connectivity index (χ3v) is 6.87. The minimum absolute atomic E-state index is 0.00801. The smallest absolute Gasteiger partial charge is 0.259 e. The Hall–Kier alpha value is -3.98. The van der Waals surface area contributed by atoms with E-state index >= 15 is 0 Å². The molecular formula is C26H23N3O5S. The largest absolute Gasteiger partial charge is 0.493 e. The van der Waals surface area contributed by atoms with Crippen molar-refractivity contribution in [2.24, 2.45) is 0 Å². The lowest BCUT2D eigenvalue weighted by Crippen LogP contribution is -2.30. The summed E-state index contributed by atoms with van der Waals surface area (Å²) in [4.78, 5) is 21.4. The molecule has 9 heteroatoms. The highest BCUT2D eigenvalue weighted by Crippen LogP contribution is 2.44. The molecule has 4 aromatic rings. The maximum atomic E-state index is 13.1. The van der Waals surface area contributed by atoms with E-state index in [1.54, 1.807) is 50.1 Å². The van der Waals surface area contributed by atoms with Crippen LogP contribution in [0.3, 0.4) is 0 Å². The summed E-state index contributed by atoms with van der Waals surface area (Å²) in [7, 11) is 4.65. The number of ether oxygens (including phenoxy) is 3. The number of methoxy groups -OCH3 is 3. The molecule has 1 aliphatic heterocycles. The van der Waals surface area contributed by atoms with Crippen molar-refractivity contribution in [2.45, 2.75) is 16.7 Å². The van der Waals surface area contributed by atoms with Gasteiger partial charge in [-0.15, -0.1) is 0 Å². The lowest BCUT2D eigenvalue weighted by atomic mass is 10.1. The minimum Gasteiger partial charge on any atom is -0.493 e. The van der Waals surface area contributed by atoms with Crippen molar-refractivity contribution in [3.8, 4) is 40.1 Å². The first-order chi connectivity index (χ1) is 17.1. The molecule has 0 aliphatic carbocycles. The number of carbonyl (C=O) groups is 1. The van der Waals surface area contributed by atoms with Gasteiger partial charge in [0, 0.05) is 27.5 Å². The number of hydrogen-bond donors (Lipinski definition) is 0. The SMILES string of the molecule is CCN1C(=O)c2ccccc2Sc2cc(-c3noc(-c4cc(OC)c(OC)c(OC)c4)n3)ccc21. The van der Waals surface area contributed by atoms with Gasteiger partial charge in [0.2, 0.25) is 11.6 Å². The van der Waals surface area contributed by atoms with Gasteiger partial charge in [0.25, 0.3) is 11.8 Å². The second kappa shape index (κ2) is 9.34. The summed E-state index contributed by atoms with van der Waals surface area (Å²) in [5.74, 6) is 2.21. The molecule has 3 aromatic carbocycles. The predicted octanol–water partition coefficient (Wildman–Crippen LogP) is 5.56. The van der Waals surface area contributed by atoms with Crippen molar-refractivity contribution in [1.82, 2.24) is 10.1 Å². The second-order valence-corrected chi connectivity index (χ2v) is 8.75. The molecule has 8 nitrogen and oxygen atoms in total. The molecule has 5 rings (SSSR count). The summed E-state index contributed by atoms with van der Waals surface area (Å²) >= 11 is 1.56. The number of anilines is 1. The van der Waals surface area contributed by atoms with Crippen LogP contribution in [0.1, 0.15) is 17.3 Å². The van der Waals surface area contributed by atoms with Crippen molar-refractivity contribution in [2.75, 3.05) is 32.8 Å². The van der Waals surface area contributed by atoms with Crippen molar-refractivity contribution in [1.29, 1.82) is 0 Å². The van der Waals surface area contributed by atoms with Crippen molar-refractivity contribution >= 4 is 23.4 Å². The number of amides is 1. The third-order valence-electron chi connectivity index (χ3n) is 5.75. The van der Waals surface area contributed by atoms with Gasteiger partial charge in [-0.05, 0) is 49.4 Å². The number of aromatic nitrogens is 2. The number of hydrogen-bond acceptors (Lipinski definition) is 8. The lowest BCUT2D eigenvalue weighted by Gasteiger charge is -2.21. The van der Waals surface area contributed by atoms with E-state index in [1.165, 1.54) is 0 Å². The average Bonchev–Trinajstić information content (AvgIpc) is 3.35. The van der Waals surface area contributed by atoms with E-state index in [4.69, 9.17) is 18.7 Å². The standard InChI is InChI=1S/C26H23N3O5S/c1-5-29-18-11-10-15(14-22(18)35-21-9-7-6-8-17(21)26(29)30)24-27-25(34-28-24)16-12-19(31-2)23(33-4)20(13-16)32-3/h6-14H,5H2,1-4H3. The molecule has 178 valence electrons. The first-order valence-corrected chi connectivity index (χ1v) is 11.8. The highest BCUT2D eigenvalue weighted by atomic mass is 32.2. The van der Waals surface area contributed by atoms with Gasteiger partial charge in [0.1, 0.15) is 0 Å². The van der Waals surface area contributed by atoms with Crippen molar-refractivity contribution < 1.29 is 23.5 Å². The van der Waals surface area contributed by atoms with E-state index in [0.717, 1.165) is 21.0 Å². The Balaban J connectivity index is 1.54. The molecule has 0 radical (unpaired) electrons. The van der Waals surface area contributed by atoms with Crippen LogP contribution in [-0.2, 0) is 0 Å². The van der Waals surface area contributed by atoms with Gasteiger partial charge >= 0.3 is 0 Å². The number of benzene rings is 3. The molecule has 0 saturated heterocycles. The monoisotopic (exact) mass is 489 g/mol. The van der Waals surface area contributed by atoms with Crippen LogP contribution in [0.5, 0.6) is 17.2 Å². The molecule has 0 fully saturated rings. The molecule has 0 atom stereocenters. The van der Waals surface area contributed by atoms with Gasteiger partial charge in [-0.2, -0.15) is 4.98 Å². The van der Waals surface area contributed by atoms with Crippen LogP contribution < -0.4 is 19.1 Å². The first kappa shape index (κ1) is 22.8. The molecule has 1 amide bonds. The van der Waals surface area contributed by atoms with Gasteiger partial charge in [-0.1, -0.05) is 29.1 Å². The zero-order valence-corrected chi connectivity index (χ0v) is 20.5. The lowest BCUT2D eigenvalue weighted by molar-refractivity contribution is 0.0985. The van der Waals surface area contributed by atoms with Crippen LogP contribution >= 0.6 is 11.8 Å². The summed E-state index contributed by atoms with van der Waals surface area (Å²) in [6.45, 7) is 2.53. The summed E-state index contributed by atoms with van der Waals surface area (Å²) in [6, 6.07) is 17.0. The Morgan fingerprint density at radius 2 is 1.66 bits per heavy atom. The van der Waals surface area contributed by atoms with Gasteiger partial charge in [-0.3, -0.25) is 4.79 Å². The second-order valence-electron chi connectivity index (χ2n) is 7.67. The quantitative estimate of drug-likeness (QED) is 0.348. The van der Waals surface area contributed by atoms with E-state index in [9.17, 15) is 4.79 Å². The fourth-order valence-electron chi connectivity index (χ4n) is 4.04. The molecule has 0 unspecified atom stereocenters. The third kappa shape index (κ3) is 3.97.